The summed E-state index contributed by atoms with van der Waals surface area (Å²) >= 11 is 0. The first-order chi connectivity index (χ1) is 7.15. The molecule has 1 saturated heterocycles. The lowest BCUT2D eigenvalue weighted by atomic mass is 9.99. The Labute approximate surface area is 91.6 Å². The molecule has 1 aliphatic rings. The molecule has 5 N–H and O–H groups in total. The minimum absolute atomic E-state index is 0.592. The second-order valence-corrected chi connectivity index (χ2v) is 5.80. The van der Waals surface area contributed by atoms with Crippen LogP contribution < -0.4 is 0 Å². The summed E-state index contributed by atoms with van der Waals surface area (Å²) in [5, 5.41) is 43.4. The predicted molar refractivity (Wildman–Crippen MR) is 49.8 cm³/mol. The van der Waals surface area contributed by atoms with Crippen LogP contribution >= 0.6 is 0 Å². The van der Waals surface area contributed by atoms with Crippen LogP contribution in [0.2, 0.25) is 0 Å². The molecule has 0 saturated carbocycles. The van der Waals surface area contributed by atoms with E-state index in [4.69, 9.17) is 5.11 Å². The van der Waals surface area contributed by atoms with Gasteiger partial charge in [-0.05, 0) is 0 Å². The van der Waals surface area contributed by atoms with E-state index in [1.165, 1.54) is 0 Å². The van der Waals surface area contributed by atoms with Crippen molar-refractivity contribution in [2.45, 2.75) is 29.5 Å². The van der Waals surface area contributed by atoms with Gasteiger partial charge in [0.2, 0.25) is 9.84 Å². The first kappa shape index (κ1) is 13.8. The zero-order chi connectivity index (χ0) is 12.7. The highest BCUT2D eigenvalue weighted by Gasteiger charge is 2.58. The van der Waals surface area contributed by atoms with Gasteiger partial charge in [-0.15, -0.1) is 0 Å². The number of aliphatic hydroxyl groups is 5. The topological polar surface area (TPSA) is 145 Å². The molecule has 96 valence electrons. The van der Waals surface area contributed by atoms with Gasteiger partial charge in [-0.1, -0.05) is 0 Å². The lowest BCUT2D eigenvalue weighted by Gasteiger charge is -2.43. The van der Waals surface area contributed by atoms with E-state index >= 15 is 0 Å². The fourth-order valence-corrected chi connectivity index (χ4v) is 2.31. The summed E-state index contributed by atoms with van der Waals surface area (Å²) in [6.45, 7) is -0.817. The highest BCUT2D eigenvalue weighted by molar-refractivity contribution is 7.91. The average Bonchev–Trinajstić information content (AvgIpc) is 2.19. The first-order valence-corrected chi connectivity index (χ1v) is 6.29. The molecule has 0 amide bonds. The largest absolute Gasteiger partial charge is 0.394 e. The second-order valence-electron chi connectivity index (χ2n) is 3.67. The van der Waals surface area contributed by atoms with Crippen molar-refractivity contribution in [3.8, 4) is 0 Å². The van der Waals surface area contributed by atoms with Crippen LogP contribution in [0.15, 0.2) is 0 Å². The van der Waals surface area contributed by atoms with Crippen molar-refractivity contribution >= 4 is 9.84 Å². The predicted octanol–water partition coefficient (Wildman–Crippen LogP) is -3.85. The fourth-order valence-electron chi connectivity index (χ4n) is 1.43. The lowest BCUT2D eigenvalue weighted by molar-refractivity contribution is -0.308. The Morgan fingerprint density at radius 1 is 1.25 bits per heavy atom. The van der Waals surface area contributed by atoms with Crippen LogP contribution in [0, 0.1) is 0 Å². The Bertz CT molecular complexity index is 351. The third-order valence-electron chi connectivity index (χ3n) is 2.46. The highest BCUT2D eigenvalue weighted by Crippen LogP contribution is 2.31. The number of hydrogen-bond donors (Lipinski definition) is 5. The molecule has 1 rings (SSSR count). The van der Waals surface area contributed by atoms with E-state index in [9.17, 15) is 28.8 Å². The summed E-state index contributed by atoms with van der Waals surface area (Å²) in [7, 11) is -4.27. The maximum Gasteiger partial charge on any atom is 0.301 e. The van der Waals surface area contributed by atoms with Crippen LogP contribution in [0.25, 0.3) is 0 Å². The molecule has 5 atom stereocenters. The third-order valence-corrected chi connectivity index (χ3v) is 3.86. The smallest absolute Gasteiger partial charge is 0.301 e. The van der Waals surface area contributed by atoms with Gasteiger partial charge in [-0.3, -0.25) is 0 Å². The van der Waals surface area contributed by atoms with Crippen LogP contribution in [-0.2, 0) is 14.6 Å². The van der Waals surface area contributed by atoms with Gasteiger partial charge in [-0.25, -0.2) is 8.42 Å². The molecule has 1 aliphatic heterocycles. The summed E-state index contributed by atoms with van der Waals surface area (Å²) < 4.78 is 27.0. The molecule has 1 fully saturated rings. The maximum atomic E-state index is 11.2. The Hall–Kier alpha value is -0.290. The van der Waals surface area contributed by atoms with E-state index in [1.54, 1.807) is 0 Å². The van der Waals surface area contributed by atoms with Crippen LogP contribution in [0.1, 0.15) is 0 Å². The Kier molecular flexibility index (Phi) is 3.60. The summed E-state index contributed by atoms with van der Waals surface area (Å²) in [5.41, 5.74) is 0. The van der Waals surface area contributed by atoms with Gasteiger partial charge in [0.1, 0.15) is 18.3 Å². The second kappa shape index (κ2) is 4.18. The standard InChI is InChI=1S/C7H14O8S/c1-16(13,14)7(12)6(11)5(10)4(9)3(2-8)15-7/h3-6,8-12H,2H2,1H3/t3-,4-,5+,6-,7+/m1/s1. The minimum atomic E-state index is -4.27. The van der Waals surface area contributed by atoms with E-state index in [1.807, 2.05) is 0 Å². The van der Waals surface area contributed by atoms with Gasteiger partial charge in [0, 0.05) is 6.26 Å². The number of hydrogen-bond acceptors (Lipinski definition) is 8. The van der Waals surface area contributed by atoms with Crippen LogP contribution in [0.5, 0.6) is 0 Å². The molecule has 0 aromatic rings. The molecule has 8 nitrogen and oxygen atoms in total. The Morgan fingerprint density at radius 2 is 1.75 bits per heavy atom. The molecular weight excluding hydrogens is 244 g/mol. The summed E-state index contributed by atoms with van der Waals surface area (Å²) in [6, 6.07) is 0. The van der Waals surface area contributed by atoms with Crippen LogP contribution in [-0.4, -0.2) is 76.3 Å². The molecule has 9 heteroatoms. The maximum absolute atomic E-state index is 11.2. The van der Waals surface area contributed by atoms with Gasteiger partial charge in [-0.2, -0.15) is 0 Å². The lowest BCUT2D eigenvalue weighted by Crippen LogP contribution is -2.67. The van der Waals surface area contributed by atoms with Crippen molar-refractivity contribution in [2.24, 2.45) is 0 Å². The third kappa shape index (κ3) is 1.95. The van der Waals surface area contributed by atoms with Crippen molar-refractivity contribution in [3.63, 3.8) is 0 Å². The highest BCUT2D eigenvalue weighted by atomic mass is 32.2. The van der Waals surface area contributed by atoms with Gasteiger partial charge in [0.15, 0.2) is 6.10 Å². The monoisotopic (exact) mass is 258 g/mol. The molecule has 0 radical (unpaired) electrons. The van der Waals surface area contributed by atoms with Crippen molar-refractivity contribution < 1.29 is 38.7 Å². The number of ether oxygens (including phenoxy) is 1. The van der Waals surface area contributed by atoms with Gasteiger partial charge in [0.05, 0.1) is 6.61 Å². The zero-order valence-corrected chi connectivity index (χ0v) is 9.20. The molecule has 0 unspecified atom stereocenters. The Balaban J connectivity index is 3.14. The summed E-state index contributed by atoms with van der Waals surface area (Å²) in [4.78, 5) is 0. The van der Waals surface area contributed by atoms with Gasteiger partial charge < -0.3 is 30.3 Å². The molecular formula is C7H14O8S. The van der Waals surface area contributed by atoms with E-state index in [0.29, 0.717) is 6.26 Å². The zero-order valence-electron chi connectivity index (χ0n) is 8.39. The molecule has 16 heavy (non-hydrogen) atoms. The van der Waals surface area contributed by atoms with Crippen molar-refractivity contribution in [1.29, 1.82) is 0 Å². The van der Waals surface area contributed by atoms with Crippen LogP contribution in [0.4, 0.5) is 0 Å². The fraction of sp³-hybridized carbons (Fsp3) is 1.00. The van der Waals surface area contributed by atoms with E-state index in [0.717, 1.165) is 0 Å². The normalized spacial score (nSPS) is 45.6. The van der Waals surface area contributed by atoms with Crippen molar-refractivity contribution in [2.75, 3.05) is 12.9 Å². The minimum Gasteiger partial charge on any atom is -0.394 e. The number of aliphatic hydroxyl groups excluding tert-OH is 4. The molecule has 0 aromatic heterocycles. The molecule has 0 bridgehead atoms. The van der Waals surface area contributed by atoms with E-state index in [-0.39, 0.29) is 0 Å². The molecule has 0 spiro atoms. The van der Waals surface area contributed by atoms with E-state index in [2.05, 4.69) is 4.74 Å². The quantitative estimate of drug-likeness (QED) is 0.338. The first-order valence-electron chi connectivity index (χ1n) is 4.40. The van der Waals surface area contributed by atoms with Crippen molar-refractivity contribution in [1.82, 2.24) is 0 Å². The van der Waals surface area contributed by atoms with Gasteiger partial charge >= 0.3 is 5.12 Å². The van der Waals surface area contributed by atoms with Crippen molar-refractivity contribution in [3.05, 3.63) is 0 Å². The number of rotatable bonds is 2. The molecule has 0 aliphatic carbocycles. The Morgan fingerprint density at radius 3 is 2.12 bits per heavy atom. The van der Waals surface area contributed by atoms with Crippen LogP contribution in [0.3, 0.4) is 0 Å². The summed E-state index contributed by atoms with van der Waals surface area (Å²) in [5.74, 6) is 0. The molecule has 0 aromatic carbocycles. The summed E-state index contributed by atoms with van der Waals surface area (Å²) in [6.07, 6.45) is -6.76. The SMILES string of the molecule is CS(=O)(=O)[C@@]1(O)O[C@H](CO)[C@@H](O)[C@H](O)[C@H]1O. The average molecular weight is 258 g/mol. The van der Waals surface area contributed by atoms with Gasteiger partial charge in [0.25, 0.3) is 0 Å². The number of sulfone groups is 1. The van der Waals surface area contributed by atoms with E-state index < -0.39 is 46.0 Å². The molecule has 1 heterocycles.